The third-order valence-electron chi connectivity index (χ3n) is 4.13. The molecule has 108 valence electrons. The van der Waals surface area contributed by atoms with Crippen molar-refractivity contribution in [3.05, 3.63) is 18.0 Å². The van der Waals surface area contributed by atoms with Gasteiger partial charge in [0.15, 0.2) is 11.5 Å². The molecule has 0 saturated carbocycles. The predicted octanol–water partition coefficient (Wildman–Crippen LogP) is 0.277. The van der Waals surface area contributed by atoms with Gasteiger partial charge in [-0.15, -0.1) is 0 Å². The number of pyridine rings is 1. The third kappa shape index (κ3) is 2.20. The highest BCUT2D eigenvalue weighted by atomic mass is 16.5. The molecule has 1 amide bonds. The number of fused-ring (bicyclic) bond motifs is 1. The van der Waals surface area contributed by atoms with Crippen LogP contribution in [-0.4, -0.2) is 49.6 Å². The van der Waals surface area contributed by atoms with Crippen molar-refractivity contribution in [2.75, 3.05) is 33.9 Å². The zero-order valence-electron chi connectivity index (χ0n) is 11.8. The Kier molecular flexibility index (Phi) is 3.48. The molecule has 1 aromatic rings. The molecular weight excluding hydrogens is 258 g/mol. The number of hydrogen-bond donors (Lipinski definition) is 1. The molecule has 0 radical (unpaired) electrons. The van der Waals surface area contributed by atoms with Gasteiger partial charge in [-0.2, -0.15) is 0 Å². The monoisotopic (exact) mass is 277 g/mol. The van der Waals surface area contributed by atoms with E-state index in [1.54, 1.807) is 26.5 Å². The van der Waals surface area contributed by atoms with Crippen molar-refractivity contribution in [3.63, 3.8) is 0 Å². The zero-order valence-corrected chi connectivity index (χ0v) is 11.8. The lowest BCUT2D eigenvalue weighted by molar-refractivity contribution is -0.122. The minimum absolute atomic E-state index is 0.131. The molecule has 2 saturated heterocycles. The van der Waals surface area contributed by atoms with Gasteiger partial charge in [0.05, 0.1) is 20.1 Å². The highest BCUT2D eigenvalue weighted by Crippen LogP contribution is 2.33. The number of nitrogens with one attached hydrogen (secondary N) is 1. The lowest BCUT2D eigenvalue weighted by Crippen LogP contribution is -2.28. The van der Waals surface area contributed by atoms with E-state index in [0.717, 1.165) is 25.3 Å². The quantitative estimate of drug-likeness (QED) is 0.856. The average molecular weight is 277 g/mol. The van der Waals surface area contributed by atoms with Gasteiger partial charge in [-0.3, -0.25) is 14.7 Å². The maximum atomic E-state index is 11.7. The van der Waals surface area contributed by atoms with Gasteiger partial charge < -0.3 is 14.8 Å². The Labute approximate surface area is 118 Å². The van der Waals surface area contributed by atoms with Crippen LogP contribution in [0.15, 0.2) is 12.3 Å². The highest BCUT2D eigenvalue weighted by Gasteiger charge is 2.42. The van der Waals surface area contributed by atoms with Crippen LogP contribution in [0.25, 0.3) is 0 Å². The molecular formula is C14H19N3O3. The van der Waals surface area contributed by atoms with E-state index < -0.39 is 0 Å². The summed E-state index contributed by atoms with van der Waals surface area (Å²) in [6.07, 6.45) is 1.72. The number of rotatable bonds is 4. The molecule has 0 unspecified atom stereocenters. The van der Waals surface area contributed by atoms with E-state index in [4.69, 9.17) is 9.47 Å². The Morgan fingerprint density at radius 3 is 2.95 bits per heavy atom. The van der Waals surface area contributed by atoms with Gasteiger partial charge in [-0.25, -0.2) is 0 Å². The Hall–Kier alpha value is -1.82. The first-order valence-corrected chi connectivity index (χ1v) is 6.79. The smallest absolute Gasteiger partial charge is 0.224 e. The maximum absolute atomic E-state index is 11.7. The molecule has 1 aromatic heterocycles. The number of nitrogens with zero attached hydrogens (tertiary/aromatic N) is 2. The van der Waals surface area contributed by atoms with Crippen LogP contribution >= 0.6 is 0 Å². The lowest BCUT2D eigenvalue weighted by Gasteiger charge is -2.18. The van der Waals surface area contributed by atoms with Crippen molar-refractivity contribution in [3.8, 4) is 11.5 Å². The average Bonchev–Trinajstić information content (AvgIpc) is 3.00. The van der Waals surface area contributed by atoms with E-state index >= 15 is 0 Å². The molecule has 3 heterocycles. The van der Waals surface area contributed by atoms with Crippen LogP contribution in [-0.2, 0) is 11.3 Å². The lowest BCUT2D eigenvalue weighted by atomic mass is 10.0. The Balaban J connectivity index is 1.74. The summed E-state index contributed by atoms with van der Waals surface area (Å²) < 4.78 is 10.7. The van der Waals surface area contributed by atoms with Gasteiger partial charge in [0.1, 0.15) is 5.69 Å². The second kappa shape index (κ2) is 5.28. The minimum atomic E-state index is 0.131. The van der Waals surface area contributed by atoms with Crippen LogP contribution in [0.2, 0.25) is 0 Å². The fourth-order valence-electron chi connectivity index (χ4n) is 3.13. The van der Waals surface area contributed by atoms with Crippen LogP contribution in [0.4, 0.5) is 0 Å². The number of likely N-dealkylation sites (tertiary alicyclic amines) is 1. The van der Waals surface area contributed by atoms with Gasteiger partial charge in [0.25, 0.3) is 0 Å². The Bertz CT molecular complexity index is 520. The molecule has 6 nitrogen and oxygen atoms in total. The summed E-state index contributed by atoms with van der Waals surface area (Å²) in [4.78, 5) is 18.3. The summed E-state index contributed by atoms with van der Waals surface area (Å²) in [5.74, 6) is 2.11. The number of ether oxygens (including phenoxy) is 2. The normalized spacial score (nSPS) is 25.4. The highest BCUT2D eigenvalue weighted by molar-refractivity contribution is 5.81. The number of hydrogen-bond acceptors (Lipinski definition) is 5. The van der Waals surface area contributed by atoms with Crippen LogP contribution in [0.5, 0.6) is 11.5 Å². The fourth-order valence-corrected chi connectivity index (χ4v) is 3.13. The van der Waals surface area contributed by atoms with Crippen LogP contribution in [0.3, 0.4) is 0 Å². The Morgan fingerprint density at radius 1 is 1.40 bits per heavy atom. The van der Waals surface area contributed by atoms with Crippen molar-refractivity contribution >= 4 is 5.91 Å². The van der Waals surface area contributed by atoms with E-state index in [1.807, 2.05) is 0 Å². The second-order valence-electron chi connectivity index (χ2n) is 5.30. The van der Waals surface area contributed by atoms with Crippen LogP contribution in [0.1, 0.15) is 5.69 Å². The third-order valence-corrected chi connectivity index (χ3v) is 4.13. The van der Waals surface area contributed by atoms with Gasteiger partial charge in [-0.05, 0) is 0 Å². The summed E-state index contributed by atoms with van der Waals surface area (Å²) in [6.45, 7) is 3.19. The van der Waals surface area contributed by atoms with E-state index in [9.17, 15) is 4.79 Å². The Morgan fingerprint density at radius 2 is 2.25 bits per heavy atom. The molecule has 3 rings (SSSR count). The molecule has 1 N–H and O–H groups in total. The van der Waals surface area contributed by atoms with E-state index in [-0.39, 0.29) is 11.8 Å². The molecule has 2 aliphatic rings. The van der Waals surface area contributed by atoms with Crippen molar-refractivity contribution in [2.24, 2.45) is 11.8 Å². The first kappa shape index (κ1) is 13.2. The molecule has 2 aliphatic heterocycles. The predicted molar refractivity (Wildman–Crippen MR) is 72.6 cm³/mol. The standard InChI is InChI=1S/C14H19N3O3/c1-19-12-3-4-15-11(13(12)20-2)8-17-6-9-5-16-14(18)10(9)7-17/h3-4,9-10H,5-8H2,1-2H3,(H,16,18)/t9-,10+/m0/s1. The van der Waals surface area contributed by atoms with Crippen molar-refractivity contribution in [1.82, 2.24) is 15.2 Å². The molecule has 2 atom stereocenters. The summed E-state index contributed by atoms with van der Waals surface area (Å²) >= 11 is 0. The molecule has 6 heteroatoms. The molecule has 2 fully saturated rings. The van der Waals surface area contributed by atoms with Gasteiger partial charge in [0.2, 0.25) is 5.91 Å². The number of methoxy groups -OCH3 is 2. The number of amides is 1. The SMILES string of the molecule is COc1ccnc(CN2C[C@@H]3CNC(=O)[C@@H]3C2)c1OC. The van der Waals surface area contributed by atoms with E-state index in [1.165, 1.54) is 0 Å². The summed E-state index contributed by atoms with van der Waals surface area (Å²) in [7, 11) is 3.24. The van der Waals surface area contributed by atoms with Gasteiger partial charge in [0, 0.05) is 44.4 Å². The summed E-state index contributed by atoms with van der Waals surface area (Å²) in [6, 6.07) is 1.79. The van der Waals surface area contributed by atoms with Crippen LogP contribution < -0.4 is 14.8 Å². The maximum Gasteiger partial charge on any atom is 0.224 e. The summed E-state index contributed by atoms with van der Waals surface area (Å²) in [5, 5.41) is 2.92. The largest absolute Gasteiger partial charge is 0.493 e. The van der Waals surface area contributed by atoms with Gasteiger partial charge in [-0.1, -0.05) is 0 Å². The first-order valence-electron chi connectivity index (χ1n) is 6.79. The number of carbonyl (C=O) groups excluding carboxylic acids is 1. The first-order chi connectivity index (χ1) is 9.72. The molecule has 0 aliphatic carbocycles. The zero-order chi connectivity index (χ0) is 14.1. The second-order valence-corrected chi connectivity index (χ2v) is 5.30. The topological polar surface area (TPSA) is 63.7 Å². The van der Waals surface area contributed by atoms with Gasteiger partial charge >= 0.3 is 0 Å². The molecule has 0 bridgehead atoms. The molecule has 20 heavy (non-hydrogen) atoms. The van der Waals surface area contributed by atoms with Crippen molar-refractivity contribution < 1.29 is 14.3 Å². The van der Waals surface area contributed by atoms with Crippen molar-refractivity contribution in [1.29, 1.82) is 0 Å². The number of aromatic nitrogens is 1. The van der Waals surface area contributed by atoms with E-state index in [2.05, 4.69) is 15.2 Å². The van der Waals surface area contributed by atoms with Crippen molar-refractivity contribution in [2.45, 2.75) is 6.54 Å². The van der Waals surface area contributed by atoms with E-state index in [0.29, 0.717) is 24.0 Å². The summed E-state index contributed by atoms with van der Waals surface area (Å²) in [5.41, 5.74) is 0.854. The molecule has 0 spiro atoms. The minimum Gasteiger partial charge on any atom is -0.493 e. The molecule has 0 aromatic carbocycles. The number of carbonyl (C=O) groups is 1. The van der Waals surface area contributed by atoms with Crippen LogP contribution in [0, 0.1) is 11.8 Å². The fraction of sp³-hybridized carbons (Fsp3) is 0.571.